The molecule has 3 rings (SSSR count). The number of hydrogen-bond donors (Lipinski definition) is 1. The van der Waals surface area contributed by atoms with Gasteiger partial charge < -0.3 is 9.88 Å². The number of benzene rings is 1. The van der Waals surface area contributed by atoms with E-state index < -0.39 is 0 Å². The molecule has 21 heavy (non-hydrogen) atoms. The Kier molecular flexibility index (Phi) is 4.16. The van der Waals surface area contributed by atoms with E-state index >= 15 is 0 Å². The topological polar surface area (TPSA) is 19.0 Å². The van der Waals surface area contributed by atoms with Crippen LogP contribution in [0.1, 0.15) is 37.3 Å². The van der Waals surface area contributed by atoms with Crippen molar-refractivity contribution >= 4 is 16.5 Å². The lowest BCUT2D eigenvalue weighted by Gasteiger charge is -2.18. The highest BCUT2D eigenvalue weighted by Crippen LogP contribution is 2.32. The van der Waals surface area contributed by atoms with Gasteiger partial charge in [-0.25, -0.2) is 0 Å². The third-order valence-electron chi connectivity index (χ3n) is 4.64. The number of nitrogens with zero attached hydrogens (tertiary/aromatic N) is 1. The van der Waals surface area contributed by atoms with Crippen molar-refractivity contribution < 1.29 is 0 Å². The Hall–Kier alpha value is -1.54. The van der Waals surface area contributed by atoms with Crippen molar-refractivity contribution in [2.45, 2.75) is 32.6 Å². The fraction of sp³-hybridized carbons (Fsp3) is 0.474. The molecule has 0 fully saturated rings. The lowest BCUT2D eigenvalue weighted by molar-refractivity contribution is 0.414. The second-order valence-electron chi connectivity index (χ2n) is 6.74. The molecule has 1 aromatic carbocycles. The first-order chi connectivity index (χ1) is 10.1. The summed E-state index contributed by atoms with van der Waals surface area (Å²) in [4.78, 5) is 5.65. The highest BCUT2D eigenvalue weighted by atomic mass is 15.0. The number of likely N-dealkylation sites (N-methyl/N-ethyl adjacent to an activating group) is 1. The maximum atomic E-state index is 3.41. The number of nitrogens with one attached hydrogen (secondary N) is 1. The first-order valence-electron chi connectivity index (χ1n) is 8.07. The molecule has 112 valence electrons. The van der Waals surface area contributed by atoms with Crippen LogP contribution in [0.2, 0.25) is 0 Å². The second kappa shape index (κ2) is 6.07. The quantitative estimate of drug-likeness (QED) is 0.876. The number of aromatic amines is 1. The third kappa shape index (κ3) is 3.21. The number of aromatic nitrogens is 1. The molecular weight excluding hydrogens is 256 g/mol. The van der Waals surface area contributed by atoms with Gasteiger partial charge in [-0.05, 0) is 74.5 Å². The fourth-order valence-corrected chi connectivity index (χ4v) is 3.16. The average Bonchev–Trinajstić information content (AvgIpc) is 2.88. The van der Waals surface area contributed by atoms with Gasteiger partial charge in [0.25, 0.3) is 0 Å². The van der Waals surface area contributed by atoms with Gasteiger partial charge in [0.05, 0.1) is 0 Å². The van der Waals surface area contributed by atoms with E-state index in [4.69, 9.17) is 0 Å². The Bertz CT molecular complexity index is 649. The van der Waals surface area contributed by atoms with Crippen molar-refractivity contribution in [2.75, 3.05) is 20.6 Å². The monoisotopic (exact) mass is 282 g/mol. The van der Waals surface area contributed by atoms with E-state index in [0.29, 0.717) is 0 Å². The molecule has 0 bridgehead atoms. The molecule has 0 saturated heterocycles. The van der Waals surface area contributed by atoms with Crippen molar-refractivity contribution in [2.24, 2.45) is 5.92 Å². The summed E-state index contributed by atoms with van der Waals surface area (Å²) in [5.74, 6) is 0.848. The Balaban J connectivity index is 1.89. The number of hydrogen-bond acceptors (Lipinski definition) is 1. The summed E-state index contributed by atoms with van der Waals surface area (Å²) in [6, 6.07) is 6.90. The molecule has 0 spiro atoms. The molecule has 1 aromatic heterocycles. The summed E-state index contributed by atoms with van der Waals surface area (Å²) in [6.45, 7) is 3.44. The average molecular weight is 282 g/mol. The van der Waals surface area contributed by atoms with Crippen molar-refractivity contribution in [1.29, 1.82) is 0 Å². The molecule has 1 heterocycles. The van der Waals surface area contributed by atoms with Crippen LogP contribution in [-0.2, 0) is 6.42 Å². The fourth-order valence-electron chi connectivity index (χ4n) is 3.16. The van der Waals surface area contributed by atoms with E-state index in [1.54, 1.807) is 0 Å². The largest absolute Gasteiger partial charge is 0.361 e. The molecule has 1 aliphatic carbocycles. The van der Waals surface area contributed by atoms with Gasteiger partial charge in [-0.15, -0.1) is 0 Å². The van der Waals surface area contributed by atoms with E-state index in [-0.39, 0.29) is 0 Å². The van der Waals surface area contributed by atoms with E-state index in [1.165, 1.54) is 46.9 Å². The summed E-state index contributed by atoms with van der Waals surface area (Å²) < 4.78 is 0. The van der Waals surface area contributed by atoms with Crippen LogP contribution in [0, 0.1) is 5.92 Å². The molecule has 0 amide bonds. The molecule has 2 heteroatoms. The zero-order valence-corrected chi connectivity index (χ0v) is 13.4. The predicted molar refractivity (Wildman–Crippen MR) is 91.5 cm³/mol. The number of allylic oxidation sites excluding steroid dienone is 2. The summed E-state index contributed by atoms with van der Waals surface area (Å²) in [7, 11) is 4.27. The van der Waals surface area contributed by atoms with Crippen LogP contribution in [0.25, 0.3) is 16.5 Å². The maximum Gasteiger partial charge on any atom is 0.0457 e. The van der Waals surface area contributed by atoms with Crippen LogP contribution < -0.4 is 0 Å². The molecule has 2 nitrogen and oxygen atoms in total. The van der Waals surface area contributed by atoms with E-state index in [0.717, 1.165) is 18.9 Å². The van der Waals surface area contributed by atoms with Gasteiger partial charge in [0.1, 0.15) is 0 Å². The second-order valence-corrected chi connectivity index (χ2v) is 6.74. The van der Waals surface area contributed by atoms with Gasteiger partial charge in [0.15, 0.2) is 0 Å². The minimum atomic E-state index is 0.848. The van der Waals surface area contributed by atoms with Crippen molar-refractivity contribution in [3.8, 4) is 0 Å². The van der Waals surface area contributed by atoms with Crippen LogP contribution >= 0.6 is 0 Å². The minimum absolute atomic E-state index is 0.848. The van der Waals surface area contributed by atoms with Crippen LogP contribution in [0.15, 0.2) is 30.5 Å². The maximum absolute atomic E-state index is 3.41. The summed E-state index contributed by atoms with van der Waals surface area (Å²) >= 11 is 0. The van der Waals surface area contributed by atoms with E-state index in [1.807, 2.05) is 0 Å². The smallest absolute Gasteiger partial charge is 0.0457 e. The van der Waals surface area contributed by atoms with Crippen molar-refractivity contribution in [3.63, 3.8) is 0 Å². The number of fused-ring (bicyclic) bond motifs is 1. The Labute approximate surface area is 127 Å². The summed E-state index contributed by atoms with van der Waals surface area (Å²) in [5, 5.41) is 1.40. The Morgan fingerprint density at radius 3 is 2.86 bits per heavy atom. The number of H-pyrrole nitrogens is 1. The van der Waals surface area contributed by atoms with Crippen LogP contribution in [0.5, 0.6) is 0 Å². The van der Waals surface area contributed by atoms with Gasteiger partial charge >= 0.3 is 0 Å². The lowest BCUT2D eigenvalue weighted by atomic mass is 9.87. The molecule has 1 atom stereocenters. The molecule has 1 aliphatic rings. The van der Waals surface area contributed by atoms with Crippen molar-refractivity contribution in [3.05, 3.63) is 41.6 Å². The first kappa shape index (κ1) is 14.4. The van der Waals surface area contributed by atoms with Gasteiger partial charge in [-0.1, -0.05) is 19.1 Å². The van der Waals surface area contributed by atoms with Gasteiger partial charge in [0, 0.05) is 23.6 Å². The highest BCUT2D eigenvalue weighted by molar-refractivity contribution is 5.87. The van der Waals surface area contributed by atoms with Crippen LogP contribution in [-0.4, -0.2) is 30.5 Å². The first-order valence-corrected chi connectivity index (χ1v) is 8.07. The van der Waals surface area contributed by atoms with Gasteiger partial charge in [0.2, 0.25) is 0 Å². The van der Waals surface area contributed by atoms with E-state index in [9.17, 15) is 0 Å². The van der Waals surface area contributed by atoms with Crippen LogP contribution in [0.3, 0.4) is 0 Å². The lowest BCUT2D eigenvalue weighted by Crippen LogP contribution is -2.14. The summed E-state index contributed by atoms with van der Waals surface area (Å²) in [6.07, 6.45) is 9.51. The molecule has 1 unspecified atom stereocenters. The SMILES string of the molecule is CC1CC=C(c2ccc3[nH]cc(CCN(C)C)c3c2)CC1. The summed E-state index contributed by atoms with van der Waals surface area (Å²) in [5.41, 5.74) is 5.65. The Morgan fingerprint density at radius 1 is 1.29 bits per heavy atom. The van der Waals surface area contributed by atoms with Gasteiger partial charge in [-0.2, -0.15) is 0 Å². The predicted octanol–water partition coefficient (Wildman–Crippen LogP) is 4.48. The standard InChI is InChI=1S/C19H26N2/c1-14-4-6-15(7-5-14)16-8-9-19-18(12-16)17(13-20-19)10-11-21(2)3/h6,8-9,12-14,20H,4-5,7,10-11H2,1-3H3. The molecule has 0 radical (unpaired) electrons. The zero-order valence-electron chi connectivity index (χ0n) is 13.4. The normalized spacial score (nSPS) is 19.2. The molecule has 0 aliphatic heterocycles. The molecule has 1 N–H and O–H groups in total. The Morgan fingerprint density at radius 2 is 2.14 bits per heavy atom. The molecule has 0 saturated carbocycles. The van der Waals surface area contributed by atoms with Crippen LogP contribution in [0.4, 0.5) is 0 Å². The van der Waals surface area contributed by atoms with Crippen molar-refractivity contribution in [1.82, 2.24) is 9.88 Å². The zero-order chi connectivity index (χ0) is 14.8. The minimum Gasteiger partial charge on any atom is -0.361 e. The highest BCUT2D eigenvalue weighted by Gasteiger charge is 2.13. The van der Waals surface area contributed by atoms with Gasteiger partial charge in [-0.3, -0.25) is 0 Å². The third-order valence-corrected chi connectivity index (χ3v) is 4.64. The van der Waals surface area contributed by atoms with E-state index in [2.05, 4.69) is 61.4 Å². The molecular formula is C19H26N2. The number of rotatable bonds is 4. The molecule has 2 aromatic rings.